The number of rotatable bonds is 2. The van der Waals surface area contributed by atoms with Gasteiger partial charge in [0.25, 0.3) is 0 Å². The fourth-order valence-corrected chi connectivity index (χ4v) is 4.70. The number of fused-ring (bicyclic) bond motifs is 1. The fourth-order valence-electron chi connectivity index (χ4n) is 3.36. The zero-order valence-corrected chi connectivity index (χ0v) is 15.6. The van der Waals surface area contributed by atoms with E-state index in [-0.39, 0.29) is 17.2 Å². The quantitative estimate of drug-likeness (QED) is 0.871. The van der Waals surface area contributed by atoms with Gasteiger partial charge in [0.15, 0.2) is 0 Å². The van der Waals surface area contributed by atoms with Gasteiger partial charge in [0, 0.05) is 18.1 Å². The molecule has 0 saturated carbocycles. The van der Waals surface area contributed by atoms with Gasteiger partial charge in [0.1, 0.15) is 11.1 Å². The Morgan fingerprint density at radius 3 is 2.64 bits per heavy atom. The highest BCUT2D eigenvalue weighted by molar-refractivity contribution is 8.00. The Morgan fingerprint density at radius 2 is 1.92 bits per heavy atom. The normalized spacial score (nSPS) is 23.0. The number of nitrogens with one attached hydrogen (secondary N) is 1. The average molecular weight is 378 g/mol. The first-order valence-corrected chi connectivity index (χ1v) is 9.79. The first-order chi connectivity index (χ1) is 12.1. The van der Waals surface area contributed by atoms with Crippen LogP contribution in [-0.2, 0) is 4.79 Å². The second kappa shape index (κ2) is 6.88. The van der Waals surface area contributed by atoms with Crippen molar-refractivity contribution in [1.29, 1.82) is 0 Å². The molecule has 1 N–H and O–H groups in total. The molecule has 0 aliphatic carbocycles. The fraction of sp³-hybridized carbons (Fsp3) is 0.471. The molecule has 132 valence electrons. The second-order valence-corrected chi connectivity index (χ2v) is 7.99. The van der Waals surface area contributed by atoms with E-state index in [0.717, 1.165) is 42.5 Å². The van der Waals surface area contributed by atoms with E-state index in [4.69, 9.17) is 11.6 Å². The lowest BCUT2D eigenvalue weighted by Crippen LogP contribution is -2.47. The molecule has 3 heterocycles. The number of likely N-dealkylation sites (tertiary alicyclic amines) is 1. The third-order valence-electron chi connectivity index (χ3n) is 4.74. The summed E-state index contributed by atoms with van der Waals surface area (Å²) in [6.45, 7) is 3.58. The summed E-state index contributed by atoms with van der Waals surface area (Å²) < 4.78 is 1.87. The highest BCUT2D eigenvalue weighted by Crippen LogP contribution is 2.38. The van der Waals surface area contributed by atoms with E-state index in [0.29, 0.717) is 5.02 Å². The molecule has 4 rings (SSSR count). The van der Waals surface area contributed by atoms with Crippen LogP contribution in [0, 0.1) is 6.92 Å². The van der Waals surface area contributed by atoms with E-state index in [2.05, 4.69) is 15.6 Å². The summed E-state index contributed by atoms with van der Waals surface area (Å²) in [5.74, 6) is 0.953. The number of hydrogen-bond donors (Lipinski definition) is 1. The Morgan fingerprint density at radius 1 is 1.20 bits per heavy atom. The molecule has 0 spiro atoms. The highest BCUT2D eigenvalue weighted by Gasteiger charge is 2.39. The maximum atomic E-state index is 13.2. The third-order valence-corrected chi connectivity index (χ3v) is 6.19. The van der Waals surface area contributed by atoms with Crippen LogP contribution in [0.5, 0.6) is 0 Å². The van der Waals surface area contributed by atoms with Crippen LogP contribution >= 0.6 is 23.4 Å². The van der Waals surface area contributed by atoms with Crippen LogP contribution in [-0.4, -0.2) is 44.0 Å². The summed E-state index contributed by atoms with van der Waals surface area (Å²) in [6.07, 6.45) is 3.36. The zero-order valence-electron chi connectivity index (χ0n) is 14.0. The van der Waals surface area contributed by atoms with E-state index in [1.165, 1.54) is 18.2 Å². The van der Waals surface area contributed by atoms with Gasteiger partial charge < -0.3 is 10.3 Å². The van der Waals surface area contributed by atoms with Crippen LogP contribution in [0.3, 0.4) is 0 Å². The van der Waals surface area contributed by atoms with Gasteiger partial charge in [-0.3, -0.25) is 4.79 Å². The van der Waals surface area contributed by atoms with E-state index in [1.807, 2.05) is 40.8 Å². The summed E-state index contributed by atoms with van der Waals surface area (Å²) >= 11 is 7.52. The average Bonchev–Trinajstić information content (AvgIpc) is 3.02. The molecule has 1 aromatic heterocycles. The SMILES string of the molecule is Cc1nnc2n1NC(c1ccc(Cl)cc1)C(C(=O)N1CCCCC1)S2. The standard InChI is InChI=1S/C17H20ClN5OS/c1-11-19-20-17-23(11)21-14(12-5-7-13(18)8-6-12)15(25-17)16(24)22-9-3-2-4-10-22/h5-8,14-15,21H,2-4,9-10H2,1H3. The van der Waals surface area contributed by atoms with Crippen molar-refractivity contribution in [2.75, 3.05) is 18.5 Å². The minimum Gasteiger partial charge on any atom is -0.342 e. The topological polar surface area (TPSA) is 63.1 Å². The van der Waals surface area contributed by atoms with Crippen LogP contribution in [0.4, 0.5) is 0 Å². The monoisotopic (exact) mass is 377 g/mol. The van der Waals surface area contributed by atoms with Crippen LogP contribution < -0.4 is 5.43 Å². The molecule has 0 radical (unpaired) electrons. The molecule has 2 atom stereocenters. The maximum Gasteiger partial charge on any atom is 0.238 e. The number of hydrogen-bond acceptors (Lipinski definition) is 5. The summed E-state index contributed by atoms with van der Waals surface area (Å²) in [5.41, 5.74) is 4.46. The highest BCUT2D eigenvalue weighted by atomic mass is 35.5. The summed E-state index contributed by atoms with van der Waals surface area (Å²) in [5, 5.41) is 9.48. The molecule has 2 aliphatic rings. The number of amides is 1. The number of benzene rings is 1. The first kappa shape index (κ1) is 16.7. The Bertz CT molecular complexity index is 772. The molecule has 8 heteroatoms. The van der Waals surface area contributed by atoms with Crippen LogP contribution in [0.25, 0.3) is 0 Å². The number of thioether (sulfide) groups is 1. The van der Waals surface area contributed by atoms with Crippen molar-refractivity contribution >= 4 is 29.3 Å². The number of halogens is 1. The molecule has 1 amide bonds. The molecular formula is C17H20ClN5OS. The molecule has 6 nitrogen and oxygen atoms in total. The predicted molar refractivity (Wildman–Crippen MR) is 98.4 cm³/mol. The van der Waals surface area contributed by atoms with E-state index in [9.17, 15) is 4.79 Å². The lowest BCUT2D eigenvalue weighted by molar-refractivity contribution is -0.131. The van der Waals surface area contributed by atoms with Crippen molar-refractivity contribution < 1.29 is 4.79 Å². The van der Waals surface area contributed by atoms with Gasteiger partial charge in [-0.1, -0.05) is 35.5 Å². The molecule has 2 aliphatic heterocycles. The number of carbonyl (C=O) groups excluding carboxylic acids is 1. The smallest absolute Gasteiger partial charge is 0.238 e. The van der Waals surface area contributed by atoms with Crippen molar-refractivity contribution in [3.63, 3.8) is 0 Å². The van der Waals surface area contributed by atoms with Crippen LogP contribution in [0.2, 0.25) is 5.02 Å². The lowest BCUT2D eigenvalue weighted by atomic mass is 10.0. The maximum absolute atomic E-state index is 13.2. The van der Waals surface area contributed by atoms with Gasteiger partial charge >= 0.3 is 0 Å². The lowest BCUT2D eigenvalue weighted by Gasteiger charge is -2.37. The number of carbonyl (C=O) groups is 1. The minimum absolute atomic E-state index is 0.154. The number of nitrogens with zero attached hydrogens (tertiary/aromatic N) is 4. The molecule has 25 heavy (non-hydrogen) atoms. The molecule has 0 bridgehead atoms. The van der Waals surface area contributed by atoms with E-state index >= 15 is 0 Å². The number of piperidine rings is 1. The molecule has 2 unspecified atom stereocenters. The van der Waals surface area contributed by atoms with Gasteiger partial charge in [0.05, 0.1) is 6.04 Å². The number of aryl methyl sites for hydroxylation is 1. The molecular weight excluding hydrogens is 358 g/mol. The Hall–Kier alpha value is -1.73. The van der Waals surface area contributed by atoms with Crippen molar-refractivity contribution in [2.24, 2.45) is 0 Å². The van der Waals surface area contributed by atoms with Gasteiger partial charge in [-0.25, -0.2) is 4.68 Å². The summed E-state index contributed by atoms with van der Waals surface area (Å²) in [4.78, 5) is 15.2. The van der Waals surface area contributed by atoms with Gasteiger partial charge in [-0.15, -0.1) is 10.2 Å². The van der Waals surface area contributed by atoms with E-state index < -0.39 is 0 Å². The van der Waals surface area contributed by atoms with Gasteiger partial charge in [0.2, 0.25) is 11.1 Å². The second-order valence-electron chi connectivity index (χ2n) is 6.45. The van der Waals surface area contributed by atoms with E-state index in [1.54, 1.807) is 0 Å². The summed E-state index contributed by atoms with van der Waals surface area (Å²) in [6, 6.07) is 7.52. The van der Waals surface area contributed by atoms with Gasteiger partial charge in [-0.2, -0.15) is 0 Å². The Labute approximate surface area is 155 Å². The first-order valence-electron chi connectivity index (χ1n) is 8.53. The van der Waals surface area contributed by atoms with Crippen molar-refractivity contribution in [2.45, 2.75) is 42.6 Å². The van der Waals surface area contributed by atoms with Gasteiger partial charge in [-0.05, 0) is 43.9 Å². The molecule has 2 aromatic rings. The third kappa shape index (κ3) is 3.22. The molecule has 1 saturated heterocycles. The van der Waals surface area contributed by atoms with Crippen molar-refractivity contribution in [3.05, 3.63) is 40.7 Å². The number of aromatic nitrogens is 3. The van der Waals surface area contributed by atoms with Crippen molar-refractivity contribution in [1.82, 2.24) is 19.8 Å². The summed E-state index contributed by atoms with van der Waals surface area (Å²) in [7, 11) is 0. The van der Waals surface area contributed by atoms with Crippen LogP contribution in [0.15, 0.2) is 29.4 Å². The Kier molecular flexibility index (Phi) is 4.60. The zero-order chi connectivity index (χ0) is 17.4. The molecule has 1 fully saturated rings. The van der Waals surface area contributed by atoms with Crippen molar-refractivity contribution in [3.8, 4) is 0 Å². The van der Waals surface area contributed by atoms with Crippen LogP contribution in [0.1, 0.15) is 36.7 Å². The predicted octanol–water partition coefficient (Wildman–Crippen LogP) is 3.01. The largest absolute Gasteiger partial charge is 0.342 e. The minimum atomic E-state index is -0.268. The molecule has 1 aromatic carbocycles. The Balaban J connectivity index is 1.68.